The summed E-state index contributed by atoms with van der Waals surface area (Å²) in [6.07, 6.45) is 5.34. The second-order valence-corrected chi connectivity index (χ2v) is 7.24. The minimum Gasteiger partial charge on any atom is -0.396 e. The van der Waals surface area contributed by atoms with Crippen LogP contribution in [-0.2, 0) is 0 Å². The molecule has 2 amide bonds. The van der Waals surface area contributed by atoms with E-state index in [0.717, 1.165) is 16.8 Å². The van der Waals surface area contributed by atoms with Gasteiger partial charge in [0.2, 0.25) is 0 Å². The van der Waals surface area contributed by atoms with Crippen molar-refractivity contribution >= 4 is 29.3 Å². The number of nitrogens with two attached hydrogens (primary N) is 2. The number of nitrogens with one attached hydrogen (secondary N) is 2. The number of imidazole rings is 1. The molecule has 0 saturated heterocycles. The Morgan fingerprint density at radius 2 is 2.00 bits per heavy atom. The average molecular weight is 424 g/mol. The Morgan fingerprint density at radius 3 is 2.81 bits per heavy atom. The van der Waals surface area contributed by atoms with Gasteiger partial charge in [-0.25, -0.2) is 9.78 Å². The van der Waals surface area contributed by atoms with Gasteiger partial charge in [0.1, 0.15) is 11.7 Å². The summed E-state index contributed by atoms with van der Waals surface area (Å²) in [6, 6.07) is 20.4. The molecule has 4 aromatic rings. The second kappa shape index (κ2) is 9.60. The maximum absolute atomic E-state index is 12.6. The molecule has 7 heteroatoms. The molecule has 2 aromatic heterocycles. The van der Waals surface area contributed by atoms with E-state index >= 15 is 0 Å². The van der Waals surface area contributed by atoms with Crippen molar-refractivity contribution < 1.29 is 10.1 Å². The third kappa shape index (κ3) is 4.83. The van der Waals surface area contributed by atoms with Crippen LogP contribution < -0.4 is 16.4 Å². The summed E-state index contributed by atoms with van der Waals surface area (Å²) in [5, 5.41) is 12.0. The molecule has 0 aliphatic carbocycles. The fraction of sp³-hybridized carbons (Fsp3) is 0.0800. The van der Waals surface area contributed by atoms with Gasteiger partial charge in [0.25, 0.3) is 0 Å². The Labute approximate surface area is 185 Å². The van der Waals surface area contributed by atoms with Crippen LogP contribution in [0.15, 0.2) is 79.1 Å². The van der Waals surface area contributed by atoms with Gasteiger partial charge in [-0.3, -0.25) is 15.0 Å². The van der Waals surface area contributed by atoms with Gasteiger partial charge in [0, 0.05) is 35.6 Å². The van der Waals surface area contributed by atoms with E-state index in [1.165, 1.54) is 6.21 Å². The van der Waals surface area contributed by atoms with E-state index in [-0.39, 0.29) is 12.1 Å². The Bertz CT molecular complexity index is 1320. The molecule has 7 nitrogen and oxygen atoms in total. The summed E-state index contributed by atoms with van der Waals surface area (Å²) in [5.41, 5.74) is 10.4. The highest BCUT2D eigenvalue weighted by molar-refractivity contribution is 5.82. The highest BCUT2D eigenvalue weighted by Gasteiger charge is 2.18. The third-order valence-electron chi connectivity index (χ3n) is 4.98. The molecule has 0 bridgehead atoms. The number of anilines is 2. The minimum absolute atomic E-state index is 0.153. The first-order chi connectivity index (χ1) is 15.6. The van der Waals surface area contributed by atoms with E-state index in [4.69, 9.17) is 11.1 Å². The van der Waals surface area contributed by atoms with Crippen molar-refractivity contribution in [1.82, 2.24) is 9.38 Å². The number of primary amides is 1. The Morgan fingerprint density at radius 1 is 1.16 bits per heavy atom. The lowest BCUT2D eigenvalue weighted by molar-refractivity contribution is -0.597. The Balaban J connectivity index is 1.47. The highest BCUT2D eigenvalue weighted by atomic mass is 16.2. The van der Waals surface area contributed by atoms with E-state index < -0.39 is 0 Å². The average Bonchev–Trinajstić information content (AvgIpc) is 3.23. The number of nitrogens with zero attached hydrogens (tertiary/aromatic N) is 2. The van der Waals surface area contributed by atoms with Crippen LogP contribution in [0.1, 0.15) is 29.3 Å². The molecule has 0 radical (unpaired) electrons. The van der Waals surface area contributed by atoms with E-state index in [1.54, 1.807) is 17.6 Å². The lowest BCUT2D eigenvalue weighted by Crippen LogP contribution is -2.90. The molecular weight excluding hydrogens is 400 g/mol. The minimum atomic E-state index is -0.219. The maximum atomic E-state index is 12.6. The lowest BCUT2D eigenvalue weighted by atomic mass is 10.0. The van der Waals surface area contributed by atoms with Crippen LogP contribution in [0.2, 0.25) is 0 Å². The normalized spacial score (nSPS) is 11.4. The molecule has 2 heterocycles. The first-order valence-corrected chi connectivity index (χ1v) is 10.2. The van der Waals surface area contributed by atoms with Crippen LogP contribution in [-0.4, -0.2) is 21.6 Å². The van der Waals surface area contributed by atoms with Gasteiger partial charge in [-0.05, 0) is 36.3 Å². The first kappa shape index (κ1) is 20.8. The number of quaternary nitrogens is 1. The summed E-state index contributed by atoms with van der Waals surface area (Å²) in [4.78, 5) is 16.9. The van der Waals surface area contributed by atoms with E-state index in [1.807, 2.05) is 71.3 Å². The number of aromatic nitrogens is 2. The Kier molecular flexibility index (Phi) is 6.25. The van der Waals surface area contributed by atoms with Crippen molar-refractivity contribution in [2.45, 2.75) is 12.5 Å². The number of carbonyl (C=O) groups is 1. The molecule has 1 unspecified atom stereocenters. The molecule has 32 heavy (non-hydrogen) atoms. The zero-order chi connectivity index (χ0) is 22.3. The zero-order valence-corrected chi connectivity index (χ0v) is 17.3. The smallest absolute Gasteiger partial charge is 0.396 e. The van der Waals surface area contributed by atoms with Gasteiger partial charge in [0.05, 0.1) is 11.9 Å². The number of benzene rings is 2. The van der Waals surface area contributed by atoms with Gasteiger partial charge < -0.3 is 11.1 Å². The van der Waals surface area contributed by atoms with Crippen molar-refractivity contribution in [3.05, 3.63) is 95.9 Å². The molecular formula is C25H23N6O+. The molecule has 0 fully saturated rings. The van der Waals surface area contributed by atoms with Crippen LogP contribution >= 0.6 is 0 Å². The molecule has 0 saturated carbocycles. The fourth-order valence-electron chi connectivity index (χ4n) is 3.43. The number of urea groups is 1. The number of nitrogen functional groups attached to an aromatic ring is 1. The molecule has 0 aliphatic rings. The second-order valence-electron chi connectivity index (χ2n) is 7.24. The van der Waals surface area contributed by atoms with Gasteiger partial charge >= 0.3 is 6.03 Å². The summed E-state index contributed by atoms with van der Waals surface area (Å²) >= 11 is 0. The predicted octanol–water partition coefficient (Wildman–Crippen LogP) is 3.19. The van der Waals surface area contributed by atoms with Crippen LogP contribution in [0.5, 0.6) is 0 Å². The Hall–Kier alpha value is -4.41. The number of pyridine rings is 1. The summed E-state index contributed by atoms with van der Waals surface area (Å²) in [7, 11) is 0. The number of rotatable bonds is 5. The van der Waals surface area contributed by atoms with Crippen LogP contribution in [0.25, 0.3) is 5.65 Å². The first-order valence-electron chi connectivity index (χ1n) is 10.2. The van der Waals surface area contributed by atoms with Crippen molar-refractivity contribution in [1.29, 1.82) is 5.41 Å². The van der Waals surface area contributed by atoms with Gasteiger partial charge in [-0.1, -0.05) is 42.3 Å². The summed E-state index contributed by atoms with van der Waals surface area (Å²) < 4.78 is 1.84. The highest BCUT2D eigenvalue weighted by Crippen LogP contribution is 2.14. The van der Waals surface area contributed by atoms with Gasteiger partial charge in [-0.15, -0.1) is 0 Å². The monoisotopic (exact) mass is 423 g/mol. The third-order valence-corrected chi connectivity index (χ3v) is 4.98. The van der Waals surface area contributed by atoms with Crippen molar-refractivity contribution in [2.75, 3.05) is 11.1 Å². The fourth-order valence-corrected chi connectivity index (χ4v) is 3.43. The van der Waals surface area contributed by atoms with E-state index in [2.05, 4.69) is 22.1 Å². The number of fused-ring (bicyclic) bond motifs is 1. The van der Waals surface area contributed by atoms with Gasteiger partial charge in [-0.2, -0.15) is 0 Å². The zero-order valence-electron chi connectivity index (χ0n) is 17.3. The number of hydrogen-bond acceptors (Lipinski definition) is 4. The quantitative estimate of drug-likeness (QED) is 0.292. The van der Waals surface area contributed by atoms with Gasteiger partial charge in [0.15, 0.2) is 5.65 Å². The molecule has 0 aliphatic heterocycles. The molecule has 6 N–H and O–H groups in total. The summed E-state index contributed by atoms with van der Waals surface area (Å²) in [5.74, 6) is 6.23. The number of carbonyl (C=O) groups excluding carboxylic acids is 1. The molecule has 1 atom stereocenters. The summed E-state index contributed by atoms with van der Waals surface area (Å²) in [6.45, 7) is 0. The van der Waals surface area contributed by atoms with E-state index in [9.17, 15) is 4.79 Å². The topological polar surface area (TPSA) is 113 Å². The molecule has 0 spiro atoms. The van der Waals surface area contributed by atoms with Crippen molar-refractivity contribution in [3.8, 4) is 11.8 Å². The van der Waals surface area contributed by atoms with Crippen molar-refractivity contribution in [3.63, 3.8) is 0 Å². The van der Waals surface area contributed by atoms with Crippen molar-refractivity contribution in [2.24, 2.45) is 0 Å². The standard InChI is InChI=1S/C25H22N6O/c26-14-13-23(19-7-2-1-3-8-19)30-25(32)29-20-9-4-6-18(16-20)11-12-21-17-28-24-22(27)10-5-15-31(21)24/h1-10,14-17,23,26H,13,27H2,(H2,29,30,32)/p+1. The maximum Gasteiger partial charge on any atom is 0.418 e. The molecule has 158 valence electrons. The van der Waals surface area contributed by atoms with Crippen LogP contribution in [0, 0.1) is 17.3 Å². The largest absolute Gasteiger partial charge is 0.418 e. The molecule has 2 aromatic carbocycles. The SMILES string of the molecule is N=CCC([NH2+]C(=O)Nc1cccc(C#Cc2cnc3c(N)cccn23)c1)c1ccccc1. The van der Waals surface area contributed by atoms with Crippen LogP contribution in [0.3, 0.4) is 0 Å². The van der Waals surface area contributed by atoms with E-state index in [0.29, 0.717) is 23.4 Å². The number of hydrogen-bond donors (Lipinski definition) is 4. The van der Waals surface area contributed by atoms with Crippen LogP contribution in [0.4, 0.5) is 16.2 Å². The lowest BCUT2D eigenvalue weighted by Gasteiger charge is -2.13. The molecule has 4 rings (SSSR count). The number of amides is 2. The predicted molar refractivity (Wildman–Crippen MR) is 126 cm³/mol.